The fourth-order valence-electron chi connectivity index (χ4n) is 1.16. The second kappa shape index (κ2) is 6.47. The van der Waals surface area contributed by atoms with E-state index in [1.807, 2.05) is 0 Å². The van der Waals surface area contributed by atoms with Crippen molar-refractivity contribution in [3.63, 3.8) is 0 Å². The van der Waals surface area contributed by atoms with Crippen molar-refractivity contribution < 1.29 is 14.3 Å². The molecule has 1 N–H and O–H groups in total. The fraction of sp³-hybridized carbons (Fsp3) is 0.273. The van der Waals surface area contributed by atoms with Crippen molar-refractivity contribution in [3.05, 3.63) is 28.8 Å². The number of hydrogen-bond donors (Lipinski definition) is 1. The zero-order valence-corrected chi connectivity index (χ0v) is 10.6. The summed E-state index contributed by atoms with van der Waals surface area (Å²) in [6.07, 6.45) is 0. The average molecular weight is 276 g/mol. The summed E-state index contributed by atoms with van der Waals surface area (Å²) >= 11 is 11.2. The van der Waals surface area contributed by atoms with Gasteiger partial charge in [0.2, 0.25) is 5.91 Å². The minimum absolute atomic E-state index is 0.155. The summed E-state index contributed by atoms with van der Waals surface area (Å²) in [5.41, 5.74) is 0.656. The van der Waals surface area contributed by atoms with Crippen LogP contribution in [0.25, 0.3) is 0 Å². The van der Waals surface area contributed by atoms with Crippen LogP contribution in [0.15, 0.2) is 18.2 Å². The van der Waals surface area contributed by atoms with Gasteiger partial charge in [-0.2, -0.15) is 0 Å². The number of benzene rings is 1. The Morgan fingerprint density at radius 1 is 1.41 bits per heavy atom. The first kappa shape index (κ1) is 13.8. The first-order valence-corrected chi connectivity index (χ1v) is 5.82. The molecule has 92 valence electrons. The third kappa shape index (κ3) is 3.91. The number of anilines is 1. The molecule has 0 spiro atoms. The van der Waals surface area contributed by atoms with Crippen molar-refractivity contribution >= 4 is 40.8 Å². The van der Waals surface area contributed by atoms with E-state index < -0.39 is 5.97 Å². The van der Waals surface area contributed by atoms with Gasteiger partial charge in [-0.25, -0.2) is 4.79 Å². The molecule has 4 nitrogen and oxygen atoms in total. The number of carbonyl (C=O) groups excluding carboxylic acids is 2. The minimum Gasteiger partial charge on any atom is -0.462 e. The number of hydrogen-bond acceptors (Lipinski definition) is 3. The van der Waals surface area contributed by atoms with Crippen LogP contribution in [0.2, 0.25) is 5.02 Å². The number of rotatable bonds is 4. The monoisotopic (exact) mass is 275 g/mol. The molecule has 0 bridgehead atoms. The molecule has 0 aliphatic carbocycles. The Balaban J connectivity index is 2.94. The predicted molar refractivity (Wildman–Crippen MR) is 66.8 cm³/mol. The highest BCUT2D eigenvalue weighted by Gasteiger charge is 2.12. The van der Waals surface area contributed by atoms with Crippen LogP contribution in [-0.2, 0) is 9.53 Å². The Morgan fingerprint density at radius 3 is 2.71 bits per heavy atom. The quantitative estimate of drug-likeness (QED) is 0.679. The molecule has 0 fully saturated rings. The van der Waals surface area contributed by atoms with E-state index in [0.717, 1.165) is 0 Å². The van der Waals surface area contributed by atoms with Crippen molar-refractivity contribution in [2.45, 2.75) is 6.92 Å². The number of carbonyl (C=O) groups is 2. The number of alkyl halides is 1. The zero-order chi connectivity index (χ0) is 12.8. The van der Waals surface area contributed by atoms with Crippen LogP contribution in [0.4, 0.5) is 5.69 Å². The molecule has 0 atom stereocenters. The molecule has 0 aliphatic heterocycles. The lowest BCUT2D eigenvalue weighted by Gasteiger charge is -2.07. The molecule has 1 rings (SSSR count). The maximum atomic E-state index is 11.5. The molecule has 0 saturated carbocycles. The molecule has 1 aromatic carbocycles. The number of ether oxygens (including phenoxy) is 1. The van der Waals surface area contributed by atoms with E-state index in [1.165, 1.54) is 12.1 Å². The third-order valence-corrected chi connectivity index (χ3v) is 2.44. The summed E-state index contributed by atoms with van der Waals surface area (Å²) < 4.78 is 4.83. The summed E-state index contributed by atoms with van der Waals surface area (Å²) in [6.45, 7) is 1.96. The van der Waals surface area contributed by atoms with Crippen molar-refractivity contribution in [3.8, 4) is 0 Å². The standard InChI is InChI=1S/C11H11Cl2NO3/c1-2-17-11(16)8-5-7(3-4-9(8)13)14-10(15)6-12/h3-5H,2,6H2,1H3,(H,14,15). The van der Waals surface area contributed by atoms with E-state index in [9.17, 15) is 9.59 Å². The van der Waals surface area contributed by atoms with E-state index in [0.29, 0.717) is 5.69 Å². The van der Waals surface area contributed by atoms with E-state index in [-0.39, 0.29) is 29.0 Å². The lowest BCUT2D eigenvalue weighted by atomic mass is 10.2. The maximum Gasteiger partial charge on any atom is 0.339 e. The summed E-state index contributed by atoms with van der Waals surface area (Å²) in [6, 6.07) is 4.54. The highest BCUT2D eigenvalue weighted by molar-refractivity contribution is 6.33. The Morgan fingerprint density at radius 2 is 2.12 bits per heavy atom. The summed E-state index contributed by atoms with van der Waals surface area (Å²) in [5, 5.41) is 2.79. The number of halogens is 2. The number of amides is 1. The van der Waals surface area contributed by atoms with Gasteiger partial charge in [-0.1, -0.05) is 11.6 Å². The molecule has 0 aliphatic rings. The molecule has 6 heteroatoms. The van der Waals surface area contributed by atoms with Gasteiger partial charge in [0.15, 0.2) is 0 Å². The first-order valence-electron chi connectivity index (χ1n) is 4.91. The van der Waals surface area contributed by atoms with Crippen molar-refractivity contribution in [2.24, 2.45) is 0 Å². The molecule has 0 unspecified atom stereocenters. The van der Waals surface area contributed by atoms with Gasteiger partial charge in [0.05, 0.1) is 17.2 Å². The van der Waals surface area contributed by atoms with Gasteiger partial charge in [-0.3, -0.25) is 4.79 Å². The third-order valence-electron chi connectivity index (χ3n) is 1.87. The van der Waals surface area contributed by atoms with E-state index in [2.05, 4.69) is 5.32 Å². The molecular weight excluding hydrogens is 265 g/mol. The first-order chi connectivity index (χ1) is 8.08. The van der Waals surface area contributed by atoms with E-state index >= 15 is 0 Å². The Labute approximate surface area is 109 Å². The second-order valence-corrected chi connectivity index (χ2v) is 3.77. The van der Waals surface area contributed by atoms with Gasteiger partial charge in [0, 0.05) is 5.69 Å². The molecule has 0 heterocycles. The molecule has 1 amide bonds. The summed E-state index contributed by atoms with van der Waals surface area (Å²) in [5.74, 6) is -1.04. The molecule has 0 radical (unpaired) electrons. The second-order valence-electron chi connectivity index (χ2n) is 3.10. The van der Waals surface area contributed by atoms with Crippen LogP contribution < -0.4 is 5.32 Å². The van der Waals surface area contributed by atoms with Crippen molar-refractivity contribution in [1.82, 2.24) is 0 Å². The normalized spacial score (nSPS) is 9.82. The lowest BCUT2D eigenvalue weighted by Crippen LogP contribution is -2.13. The summed E-state index contributed by atoms with van der Waals surface area (Å²) in [7, 11) is 0. The molecule has 0 saturated heterocycles. The number of esters is 1. The van der Waals surface area contributed by atoms with E-state index in [1.54, 1.807) is 13.0 Å². The highest BCUT2D eigenvalue weighted by atomic mass is 35.5. The van der Waals surface area contributed by atoms with Crippen LogP contribution in [0, 0.1) is 0 Å². The van der Waals surface area contributed by atoms with Crippen LogP contribution in [0.3, 0.4) is 0 Å². The van der Waals surface area contributed by atoms with Gasteiger partial charge in [-0.05, 0) is 25.1 Å². The Hall–Kier alpha value is -1.26. The topological polar surface area (TPSA) is 55.4 Å². The largest absolute Gasteiger partial charge is 0.462 e. The SMILES string of the molecule is CCOC(=O)c1cc(NC(=O)CCl)ccc1Cl. The zero-order valence-electron chi connectivity index (χ0n) is 9.13. The Kier molecular flexibility index (Phi) is 5.25. The van der Waals surface area contributed by atoms with Crippen LogP contribution in [0.1, 0.15) is 17.3 Å². The highest BCUT2D eigenvalue weighted by Crippen LogP contribution is 2.21. The Bertz CT molecular complexity index is 435. The molecule has 1 aromatic rings. The van der Waals surface area contributed by atoms with Gasteiger partial charge in [0.25, 0.3) is 0 Å². The van der Waals surface area contributed by atoms with Crippen LogP contribution in [0.5, 0.6) is 0 Å². The van der Waals surface area contributed by atoms with Crippen molar-refractivity contribution in [1.29, 1.82) is 0 Å². The lowest BCUT2D eigenvalue weighted by molar-refractivity contribution is -0.113. The smallest absolute Gasteiger partial charge is 0.339 e. The van der Waals surface area contributed by atoms with Gasteiger partial charge >= 0.3 is 5.97 Å². The predicted octanol–water partition coefficient (Wildman–Crippen LogP) is 2.69. The molecule has 17 heavy (non-hydrogen) atoms. The minimum atomic E-state index is -0.528. The average Bonchev–Trinajstić information content (AvgIpc) is 2.31. The fourth-order valence-corrected chi connectivity index (χ4v) is 1.42. The number of nitrogens with one attached hydrogen (secondary N) is 1. The van der Waals surface area contributed by atoms with Crippen molar-refractivity contribution in [2.75, 3.05) is 17.8 Å². The maximum absolute atomic E-state index is 11.5. The molecular formula is C11H11Cl2NO3. The summed E-state index contributed by atoms with van der Waals surface area (Å²) in [4.78, 5) is 22.6. The molecule has 0 aromatic heterocycles. The van der Waals surface area contributed by atoms with Gasteiger partial charge < -0.3 is 10.1 Å². The van der Waals surface area contributed by atoms with Gasteiger partial charge in [-0.15, -0.1) is 11.6 Å². The van der Waals surface area contributed by atoms with Crippen LogP contribution >= 0.6 is 23.2 Å². The van der Waals surface area contributed by atoms with Gasteiger partial charge in [0.1, 0.15) is 5.88 Å². The van der Waals surface area contributed by atoms with E-state index in [4.69, 9.17) is 27.9 Å². The van der Waals surface area contributed by atoms with Crippen LogP contribution in [-0.4, -0.2) is 24.4 Å².